The summed E-state index contributed by atoms with van der Waals surface area (Å²) in [7, 11) is 1.54. The zero-order valence-electron chi connectivity index (χ0n) is 15.1. The second-order valence-electron chi connectivity index (χ2n) is 6.82. The van der Waals surface area contributed by atoms with Crippen molar-refractivity contribution in [3.05, 3.63) is 65.6 Å². The number of halogens is 1. The van der Waals surface area contributed by atoms with Crippen LogP contribution in [0.25, 0.3) is 10.9 Å². The smallest absolute Gasteiger partial charge is 0.220 e. The molecule has 1 saturated heterocycles. The minimum absolute atomic E-state index is 0.0626. The molecule has 27 heavy (non-hydrogen) atoms. The lowest BCUT2D eigenvalue weighted by molar-refractivity contribution is -0.123. The molecule has 0 unspecified atom stereocenters. The van der Waals surface area contributed by atoms with Crippen molar-refractivity contribution in [2.24, 2.45) is 0 Å². The first-order valence-corrected chi connectivity index (χ1v) is 9.07. The van der Waals surface area contributed by atoms with Gasteiger partial charge in [-0.25, -0.2) is 4.39 Å². The Kier molecular flexibility index (Phi) is 4.81. The molecule has 0 spiro atoms. The molecule has 1 fully saturated rings. The summed E-state index contributed by atoms with van der Waals surface area (Å²) in [4.78, 5) is 15.2. The summed E-state index contributed by atoms with van der Waals surface area (Å²) in [6.45, 7) is 0.632. The van der Waals surface area contributed by atoms with E-state index in [2.05, 4.69) is 21.7 Å². The van der Waals surface area contributed by atoms with Crippen molar-refractivity contribution in [2.75, 3.05) is 7.11 Å². The number of methoxy groups -OCH3 is 1. The zero-order chi connectivity index (χ0) is 18.8. The van der Waals surface area contributed by atoms with Gasteiger partial charge in [0, 0.05) is 41.7 Å². The average Bonchev–Trinajstić information content (AvgIpc) is 3.10. The fourth-order valence-corrected chi connectivity index (χ4v) is 3.72. The highest BCUT2D eigenvalue weighted by Gasteiger charge is 2.31. The molecule has 0 radical (unpaired) electrons. The molecule has 0 aliphatic carbocycles. The summed E-state index contributed by atoms with van der Waals surface area (Å²) in [5, 5.41) is 7.61. The van der Waals surface area contributed by atoms with Crippen LogP contribution in [0.1, 0.15) is 30.0 Å². The number of rotatable bonds is 5. The van der Waals surface area contributed by atoms with Crippen molar-refractivity contribution in [3.63, 3.8) is 0 Å². The van der Waals surface area contributed by atoms with Crippen LogP contribution in [0.15, 0.2) is 48.7 Å². The number of para-hydroxylation sites is 1. The lowest BCUT2D eigenvalue weighted by atomic mass is 9.91. The third kappa shape index (κ3) is 3.53. The number of aromatic amines is 1. The molecule has 1 aromatic heterocycles. The second kappa shape index (κ2) is 7.40. The highest BCUT2D eigenvalue weighted by Crippen LogP contribution is 2.29. The summed E-state index contributed by atoms with van der Waals surface area (Å²) in [5.74, 6) is 0.163. The van der Waals surface area contributed by atoms with Crippen molar-refractivity contribution < 1.29 is 13.9 Å². The average molecular weight is 367 g/mol. The van der Waals surface area contributed by atoms with Gasteiger partial charge in [0.15, 0.2) is 0 Å². The van der Waals surface area contributed by atoms with Crippen molar-refractivity contribution in [1.82, 2.24) is 15.6 Å². The van der Waals surface area contributed by atoms with Crippen LogP contribution in [0.2, 0.25) is 0 Å². The van der Waals surface area contributed by atoms with E-state index in [0.29, 0.717) is 30.7 Å². The second-order valence-corrected chi connectivity index (χ2v) is 6.82. The third-order valence-corrected chi connectivity index (χ3v) is 5.17. The van der Waals surface area contributed by atoms with E-state index in [4.69, 9.17) is 4.74 Å². The van der Waals surface area contributed by atoms with E-state index in [1.807, 2.05) is 24.4 Å². The number of aromatic nitrogens is 1. The number of nitrogens with one attached hydrogen (secondary N) is 3. The van der Waals surface area contributed by atoms with Crippen LogP contribution in [0.4, 0.5) is 4.39 Å². The third-order valence-electron chi connectivity index (χ3n) is 5.17. The van der Waals surface area contributed by atoms with E-state index in [-0.39, 0.29) is 17.8 Å². The van der Waals surface area contributed by atoms with Gasteiger partial charge < -0.3 is 20.4 Å². The summed E-state index contributed by atoms with van der Waals surface area (Å²) >= 11 is 0. The molecule has 2 atom stereocenters. The highest BCUT2D eigenvalue weighted by molar-refractivity contribution is 5.83. The van der Waals surface area contributed by atoms with E-state index in [1.54, 1.807) is 19.2 Å². The number of benzene rings is 2. The van der Waals surface area contributed by atoms with Crippen LogP contribution in [0, 0.1) is 5.82 Å². The molecule has 2 heterocycles. The number of H-pyrrole nitrogens is 1. The van der Waals surface area contributed by atoms with Crippen LogP contribution < -0.4 is 15.4 Å². The van der Waals surface area contributed by atoms with Gasteiger partial charge in [-0.15, -0.1) is 0 Å². The Morgan fingerprint density at radius 1 is 1.26 bits per heavy atom. The van der Waals surface area contributed by atoms with Crippen LogP contribution in [-0.4, -0.2) is 24.0 Å². The van der Waals surface area contributed by atoms with Crippen molar-refractivity contribution in [1.29, 1.82) is 0 Å². The number of piperidine rings is 1. The van der Waals surface area contributed by atoms with Gasteiger partial charge in [0.1, 0.15) is 11.6 Å². The minimum Gasteiger partial charge on any atom is -0.497 e. The molecule has 4 rings (SSSR count). The van der Waals surface area contributed by atoms with E-state index in [9.17, 15) is 9.18 Å². The predicted molar refractivity (Wildman–Crippen MR) is 102 cm³/mol. The fourth-order valence-electron chi connectivity index (χ4n) is 3.72. The SMILES string of the molecule is COc1ccc(F)c([C@@H]2NC(=O)CC[C@H]2NCc2c[nH]c3ccccc23)c1. The van der Waals surface area contributed by atoms with Crippen molar-refractivity contribution in [3.8, 4) is 5.75 Å². The number of fused-ring (bicyclic) bond motifs is 1. The maximum atomic E-state index is 14.5. The Balaban J connectivity index is 1.57. The van der Waals surface area contributed by atoms with Gasteiger partial charge in [-0.3, -0.25) is 4.79 Å². The molecule has 5 nitrogen and oxygen atoms in total. The maximum Gasteiger partial charge on any atom is 0.220 e. The van der Waals surface area contributed by atoms with Crippen molar-refractivity contribution >= 4 is 16.8 Å². The Labute approximate surface area is 156 Å². The van der Waals surface area contributed by atoms with E-state index in [1.165, 1.54) is 6.07 Å². The minimum atomic E-state index is -0.438. The molecule has 1 aliphatic heterocycles. The number of amides is 1. The molecule has 6 heteroatoms. The van der Waals surface area contributed by atoms with Gasteiger partial charge in [-0.05, 0) is 36.2 Å². The van der Waals surface area contributed by atoms with Gasteiger partial charge >= 0.3 is 0 Å². The standard InChI is InChI=1S/C21H22FN3O2/c1-27-14-6-7-17(22)16(10-14)21-19(8-9-20(26)25-21)24-12-13-11-23-18-5-3-2-4-15(13)18/h2-7,10-11,19,21,23-24H,8-9,12H2,1H3,(H,25,26)/t19-,21+/m1/s1. The largest absolute Gasteiger partial charge is 0.497 e. The summed E-state index contributed by atoms with van der Waals surface area (Å²) < 4.78 is 19.7. The van der Waals surface area contributed by atoms with Gasteiger partial charge in [0.05, 0.1) is 13.2 Å². The molecule has 140 valence electrons. The van der Waals surface area contributed by atoms with Crippen LogP contribution in [0.3, 0.4) is 0 Å². The molecule has 3 N–H and O–H groups in total. The predicted octanol–water partition coefficient (Wildman–Crippen LogP) is 3.43. The normalized spacial score (nSPS) is 19.9. The number of hydrogen-bond donors (Lipinski definition) is 3. The van der Waals surface area contributed by atoms with Gasteiger partial charge in [0.25, 0.3) is 0 Å². The number of ether oxygens (including phenoxy) is 1. The highest BCUT2D eigenvalue weighted by atomic mass is 19.1. The fraction of sp³-hybridized carbons (Fsp3) is 0.286. The maximum absolute atomic E-state index is 14.5. The first-order chi connectivity index (χ1) is 13.2. The Bertz CT molecular complexity index is 969. The molecule has 3 aromatic rings. The Hall–Kier alpha value is -2.86. The quantitative estimate of drug-likeness (QED) is 0.647. The summed E-state index contributed by atoms with van der Waals surface area (Å²) in [6, 6.07) is 12.2. The molecule has 1 amide bonds. The van der Waals surface area contributed by atoms with Crippen LogP contribution in [0.5, 0.6) is 5.75 Å². The Morgan fingerprint density at radius 2 is 2.11 bits per heavy atom. The molecule has 1 aliphatic rings. The molecular formula is C21H22FN3O2. The van der Waals surface area contributed by atoms with Crippen molar-refractivity contribution in [2.45, 2.75) is 31.5 Å². The van der Waals surface area contributed by atoms with Gasteiger partial charge in [-0.1, -0.05) is 18.2 Å². The van der Waals surface area contributed by atoms with Crippen LogP contribution >= 0.6 is 0 Å². The first-order valence-electron chi connectivity index (χ1n) is 9.07. The monoisotopic (exact) mass is 367 g/mol. The van der Waals surface area contributed by atoms with E-state index >= 15 is 0 Å². The molecule has 0 saturated carbocycles. The number of carbonyl (C=O) groups excluding carboxylic acids is 1. The molecular weight excluding hydrogens is 345 g/mol. The topological polar surface area (TPSA) is 66.2 Å². The number of hydrogen-bond acceptors (Lipinski definition) is 3. The summed E-state index contributed by atoms with van der Waals surface area (Å²) in [6.07, 6.45) is 3.06. The Morgan fingerprint density at radius 3 is 2.96 bits per heavy atom. The van der Waals surface area contributed by atoms with E-state index in [0.717, 1.165) is 16.5 Å². The molecule has 0 bridgehead atoms. The van der Waals surface area contributed by atoms with Gasteiger partial charge in [0.2, 0.25) is 5.91 Å². The first kappa shape index (κ1) is 17.5. The zero-order valence-corrected chi connectivity index (χ0v) is 15.1. The number of carbonyl (C=O) groups is 1. The van der Waals surface area contributed by atoms with E-state index < -0.39 is 6.04 Å². The lowest BCUT2D eigenvalue weighted by Crippen LogP contribution is -2.48. The summed E-state index contributed by atoms with van der Waals surface area (Å²) in [5.41, 5.74) is 2.67. The lowest BCUT2D eigenvalue weighted by Gasteiger charge is -2.33. The van der Waals surface area contributed by atoms with Crippen LogP contribution in [-0.2, 0) is 11.3 Å². The molecule has 2 aromatic carbocycles. The van der Waals surface area contributed by atoms with Gasteiger partial charge in [-0.2, -0.15) is 0 Å².